The Morgan fingerprint density at radius 1 is 1.25 bits per heavy atom. The van der Waals surface area contributed by atoms with Gasteiger partial charge in [-0.3, -0.25) is 0 Å². The highest BCUT2D eigenvalue weighted by Crippen LogP contribution is 2.22. The Balaban J connectivity index is 2.43. The predicted molar refractivity (Wildman–Crippen MR) is 81.3 cm³/mol. The minimum atomic E-state index is -0.929. The molecular weight excluding hydrogens is 250 g/mol. The monoisotopic (exact) mass is 269 g/mol. The van der Waals surface area contributed by atoms with Crippen molar-refractivity contribution >= 4 is 12.0 Å². The molecule has 0 spiro atoms. The van der Waals surface area contributed by atoms with Crippen molar-refractivity contribution in [1.29, 1.82) is 0 Å². The van der Waals surface area contributed by atoms with Crippen LogP contribution in [0.4, 0.5) is 0 Å². The van der Waals surface area contributed by atoms with E-state index in [-0.39, 0.29) is 0 Å². The quantitative estimate of drug-likeness (QED) is 0.859. The molecule has 0 fully saturated rings. The van der Waals surface area contributed by atoms with Crippen molar-refractivity contribution in [3.63, 3.8) is 0 Å². The van der Waals surface area contributed by atoms with Gasteiger partial charge in [0.25, 0.3) is 0 Å². The molecule has 0 saturated heterocycles. The number of hydrogen-bond acceptors (Lipinski definition) is 1. The maximum atomic E-state index is 10.6. The molecule has 0 atom stereocenters. The van der Waals surface area contributed by atoms with Crippen molar-refractivity contribution in [2.75, 3.05) is 0 Å². The number of carbonyl (C=O) groups is 1. The van der Waals surface area contributed by atoms with Crippen LogP contribution in [0.2, 0.25) is 0 Å². The SMILES string of the molecule is CCc1ccc(-n2c(C)cc(/C=C/C(=O)O)c2C)cc1. The van der Waals surface area contributed by atoms with Crippen LogP contribution >= 0.6 is 0 Å². The lowest BCUT2D eigenvalue weighted by molar-refractivity contribution is -0.131. The third-order valence-corrected chi connectivity index (χ3v) is 3.48. The Morgan fingerprint density at radius 2 is 1.90 bits per heavy atom. The first-order valence-electron chi connectivity index (χ1n) is 6.72. The van der Waals surface area contributed by atoms with Gasteiger partial charge in [-0.2, -0.15) is 0 Å². The number of rotatable bonds is 4. The smallest absolute Gasteiger partial charge is 0.328 e. The highest BCUT2D eigenvalue weighted by Gasteiger charge is 2.09. The van der Waals surface area contributed by atoms with Crippen LogP contribution in [-0.2, 0) is 11.2 Å². The number of carboxylic acid groups (broad SMARTS) is 1. The number of nitrogens with zero attached hydrogens (tertiary/aromatic N) is 1. The van der Waals surface area contributed by atoms with Crippen molar-refractivity contribution in [3.05, 3.63) is 58.9 Å². The molecule has 3 nitrogen and oxygen atoms in total. The summed E-state index contributed by atoms with van der Waals surface area (Å²) in [6.07, 6.45) is 3.84. The standard InChI is InChI=1S/C17H19NO2/c1-4-14-5-8-16(9-6-14)18-12(2)11-15(13(18)3)7-10-17(19)20/h5-11H,4H2,1-3H3,(H,19,20)/b10-7+. The molecule has 0 saturated carbocycles. The Morgan fingerprint density at radius 3 is 2.45 bits per heavy atom. The summed E-state index contributed by atoms with van der Waals surface area (Å²) in [7, 11) is 0. The summed E-state index contributed by atoms with van der Waals surface area (Å²) in [6.45, 7) is 6.16. The summed E-state index contributed by atoms with van der Waals surface area (Å²) in [6, 6.07) is 10.5. The Bertz CT molecular complexity index is 648. The largest absolute Gasteiger partial charge is 0.478 e. The minimum Gasteiger partial charge on any atom is -0.478 e. The molecule has 0 bridgehead atoms. The molecule has 1 heterocycles. The van der Waals surface area contributed by atoms with Crippen LogP contribution in [0.1, 0.15) is 29.4 Å². The molecule has 0 unspecified atom stereocenters. The Labute approximate surface area is 119 Å². The van der Waals surface area contributed by atoms with Crippen molar-refractivity contribution < 1.29 is 9.90 Å². The lowest BCUT2D eigenvalue weighted by atomic mass is 10.1. The first-order chi connectivity index (χ1) is 9.52. The molecular formula is C17H19NO2. The zero-order valence-corrected chi connectivity index (χ0v) is 12.1. The van der Waals surface area contributed by atoms with E-state index in [1.165, 1.54) is 11.6 Å². The summed E-state index contributed by atoms with van der Waals surface area (Å²) in [5.74, 6) is -0.929. The molecule has 1 N–H and O–H groups in total. The fraction of sp³-hybridized carbons (Fsp3) is 0.235. The van der Waals surface area contributed by atoms with E-state index in [0.717, 1.165) is 29.1 Å². The predicted octanol–water partition coefficient (Wildman–Crippen LogP) is 3.75. The van der Waals surface area contributed by atoms with Crippen molar-refractivity contribution in [2.45, 2.75) is 27.2 Å². The minimum absolute atomic E-state index is 0.929. The van der Waals surface area contributed by atoms with Gasteiger partial charge in [0.15, 0.2) is 0 Å². The van der Waals surface area contributed by atoms with E-state index in [1.807, 2.05) is 19.9 Å². The summed E-state index contributed by atoms with van der Waals surface area (Å²) < 4.78 is 2.14. The van der Waals surface area contributed by atoms with Gasteiger partial charge >= 0.3 is 5.97 Å². The number of aromatic nitrogens is 1. The average molecular weight is 269 g/mol. The molecule has 20 heavy (non-hydrogen) atoms. The molecule has 0 radical (unpaired) electrons. The van der Waals surface area contributed by atoms with E-state index in [2.05, 4.69) is 35.8 Å². The third kappa shape index (κ3) is 2.82. The summed E-state index contributed by atoms with van der Waals surface area (Å²) >= 11 is 0. The second kappa shape index (κ2) is 5.78. The lowest BCUT2D eigenvalue weighted by Gasteiger charge is -2.10. The van der Waals surface area contributed by atoms with Crippen LogP contribution in [0.15, 0.2) is 36.4 Å². The van der Waals surface area contributed by atoms with Gasteiger partial charge in [-0.05, 0) is 55.7 Å². The average Bonchev–Trinajstić information content (AvgIpc) is 2.71. The molecule has 2 aromatic rings. The van der Waals surface area contributed by atoms with E-state index in [4.69, 9.17) is 5.11 Å². The number of aliphatic carboxylic acids is 1. The molecule has 1 aromatic carbocycles. The van der Waals surface area contributed by atoms with Crippen LogP contribution in [0.3, 0.4) is 0 Å². The summed E-state index contributed by atoms with van der Waals surface area (Å²) in [4.78, 5) is 10.6. The van der Waals surface area contributed by atoms with Gasteiger partial charge in [-0.1, -0.05) is 19.1 Å². The fourth-order valence-corrected chi connectivity index (χ4v) is 2.40. The first-order valence-corrected chi connectivity index (χ1v) is 6.72. The fourth-order valence-electron chi connectivity index (χ4n) is 2.40. The van der Waals surface area contributed by atoms with Crippen LogP contribution in [0.5, 0.6) is 0 Å². The summed E-state index contributed by atoms with van der Waals surface area (Å²) in [5, 5.41) is 8.72. The number of carboxylic acids is 1. The van der Waals surface area contributed by atoms with Gasteiger partial charge < -0.3 is 9.67 Å². The van der Waals surface area contributed by atoms with Crippen LogP contribution in [0, 0.1) is 13.8 Å². The van der Waals surface area contributed by atoms with Gasteiger partial charge in [0.05, 0.1) is 0 Å². The molecule has 1 aromatic heterocycles. The Hall–Kier alpha value is -2.29. The van der Waals surface area contributed by atoms with Gasteiger partial charge in [0.2, 0.25) is 0 Å². The lowest BCUT2D eigenvalue weighted by Crippen LogP contribution is -1.99. The maximum Gasteiger partial charge on any atom is 0.328 e. The van der Waals surface area contributed by atoms with E-state index < -0.39 is 5.97 Å². The highest BCUT2D eigenvalue weighted by atomic mass is 16.4. The van der Waals surface area contributed by atoms with Gasteiger partial charge in [0.1, 0.15) is 0 Å². The van der Waals surface area contributed by atoms with Crippen molar-refractivity contribution in [2.24, 2.45) is 0 Å². The second-order valence-corrected chi connectivity index (χ2v) is 4.85. The van der Waals surface area contributed by atoms with E-state index in [0.29, 0.717) is 0 Å². The Kier molecular flexibility index (Phi) is 4.08. The molecule has 0 aliphatic carbocycles. The zero-order chi connectivity index (χ0) is 14.7. The van der Waals surface area contributed by atoms with Crippen molar-refractivity contribution in [3.8, 4) is 5.69 Å². The van der Waals surface area contributed by atoms with E-state index in [9.17, 15) is 4.79 Å². The number of aryl methyl sites for hydroxylation is 2. The normalized spacial score (nSPS) is 11.2. The molecule has 0 aliphatic heterocycles. The highest BCUT2D eigenvalue weighted by molar-refractivity contribution is 5.85. The van der Waals surface area contributed by atoms with Crippen molar-refractivity contribution in [1.82, 2.24) is 4.57 Å². The molecule has 2 rings (SSSR count). The topological polar surface area (TPSA) is 42.2 Å². The number of benzene rings is 1. The van der Waals surface area contributed by atoms with Crippen LogP contribution in [-0.4, -0.2) is 15.6 Å². The maximum absolute atomic E-state index is 10.6. The first kappa shape index (κ1) is 14.1. The van der Waals surface area contributed by atoms with E-state index >= 15 is 0 Å². The number of hydrogen-bond donors (Lipinski definition) is 1. The molecule has 3 heteroatoms. The third-order valence-electron chi connectivity index (χ3n) is 3.48. The van der Waals surface area contributed by atoms with Gasteiger partial charge in [0, 0.05) is 23.2 Å². The van der Waals surface area contributed by atoms with Crippen LogP contribution in [0.25, 0.3) is 11.8 Å². The van der Waals surface area contributed by atoms with E-state index in [1.54, 1.807) is 6.08 Å². The zero-order valence-electron chi connectivity index (χ0n) is 12.1. The second-order valence-electron chi connectivity index (χ2n) is 4.85. The van der Waals surface area contributed by atoms with Gasteiger partial charge in [-0.25, -0.2) is 4.79 Å². The summed E-state index contributed by atoms with van der Waals surface area (Å²) in [5.41, 5.74) is 5.49. The molecule has 104 valence electrons. The molecule has 0 amide bonds. The molecule has 0 aliphatic rings. The van der Waals surface area contributed by atoms with Gasteiger partial charge in [-0.15, -0.1) is 0 Å². The van der Waals surface area contributed by atoms with Crippen LogP contribution < -0.4 is 0 Å².